The Balaban J connectivity index is 2.86. The van der Waals surface area contributed by atoms with Crippen LogP contribution in [-0.4, -0.2) is 5.88 Å². The van der Waals surface area contributed by atoms with Crippen molar-refractivity contribution in [2.75, 3.05) is 5.88 Å². The maximum absolute atomic E-state index is 5.90. The Labute approximate surface area is 99.2 Å². The standard InChI is InChI=1S/C11H9Cl3/c12-6-2-1-3-9-4-5-11(14)10(7-9)8-13/h4-5,7H,2,6,8H2. The Kier molecular flexibility index (Phi) is 5.19. The molecule has 0 saturated heterocycles. The number of rotatable bonds is 2. The van der Waals surface area contributed by atoms with Crippen LogP contribution in [-0.2, 0) is 5.88 Å². The van der Waals surface area contributed by atoms with Crippen molar-refractivity contribution in [2.45, 2.75) is 12.3 Å². The van der Waals surface area contributed by atoms with Crippen LogP contribution in [0.15, 0.2) is 18.2 Å². The first-order chi connectivity index (χ1) is 6.77. The Morgan fingerprint density at radius 1 is 1.21 bits per heavy atom. The molecule has 0 aliphatic heterocycles. The van der Waals surface area contributed by atoms with Crippen molar-refractivity contribution >= 4 is 34.8 Å². The first-order valence-corrected chi connectivity index (χ1v) is 5.62. The first-order valence-electron chi connectivity index (χ1n) is 4.17. The maximum atomic E-state index is 5.90. The lowest BCUT2D eigenvalue weighted by Crippen LogP contribution is -1.82. The second-order valence-corrected chi connectivity index (χ2v) is 3.73. The molecule has 1 rings (SSSR count). The molecule has 0 atom stereocenters. The molecule has 1 aromatic rings. The van der Waals surface area contributed by atoms with Crippen LogP contribution in [0, 0.1) is 11.8 Å². The predicted molar refractivity (Wildman–Crippen MR) is 63.2 cm³/mol. The molecule has 1 aromatic carbocycles. The molecule has 0 N–H and O–H groups in total. The Bertz CT molecular complexity index is 361. The summed E-state index contributed by atoms with van der Waals surface area (Å²) in [6.45, 7) is 0. The molecule has 0 radical (unpaired) electrons. The zero-order chi connectivity index (χ0) is 10.4. The van der Waals surface area contributed by atoms with Gasteiger partial charge in [0.2, 0.25) is 0 Å². The summed E-state index contributed by atoms with van der Waals surface area (Å²) >= 11 is 17.1. The molecule has 0 aliphatic carbocycles. The van der Waals surface area contributed by atoms with E-state index >= 15 is 0 Å². The summed E-state index contributed by atoms with van der Waals surface area (Å²) in [6, 6.07) is 5.58. The lowest BCUT2D eigenvalue weighted by molar-refractivity contribution is 1.29. The van der Waals surface area contributed by atoms with E-state index in [0.29, 0.717) is 23.2 Å². The fraction of sp³-hybridized carbons (Fsp3) is 0.273. The van der Waals surface area contributed by atoms with E-state index in [1.54, 1.807) is 0 Å². The minimum absolute atomic E-state index is 0.407. The molecule has 3 heteroatoms. The Morgan fingerprint density at radius 3 is 2.64 bits per heavy atom. The summed E-state index contributed by atoms with van der Waals surface area (Å²) in [5.41, 5.74) is 1.83. The molecular formula is C11H9Cl3. The van der Waals surface area contributed by atoms with Gasteiger partial charge in [-0.15, -0.1) is 23.2 Å². The molecule has 0 unspecified atom stereocenters. The van der Waals surface area contributed by atoms with Gasteiger partial charge in [-0.2, -0.15) is 0 Å². The molecule has 0 spiro atoms. The molecule has 74 valence electrons. The normalized spacial score (nSPS) is 9.36. The number of hydrogen-bond acceptors (Lipinski definition) is 0. The summed E-state index contributed by atoms with van der Waals surface area (Å²) in [6.07, 6.45) is 0.695. The van der Waals surface area contributed by atoms with E-state index in [2.05, 4.69) is 11.8 Å². The molecule has 0 bridgehead atoms. The fourth-order valence-corrected chi connectivity index (χ4v) is 1.54. The average Bonchev–Trinajstić information content (AvgIpc) is 2.21. The molecule has 0 fully saturated rings. The predicted octanol–water partition coefficient (Wildman–Crippen LogP) is 4.06. The number of benzene rings is 1. The fourth-order valence-electron chi connectivity index (χ4n) is 0.967. The van der Waals surface area contributed by atoms with E-state index in [-0.39, 0.29) is 0 Å². The number of alkyl halides is 2. The summed E-state index contributed by atoms with van der Waals surface area (Å²) in [5, 5.41) is 0.683. The van der Waals surface area contributed by atoms with Gasteiger partial charge in [0, 0.05) is 28.8 Å². The van der Waals surface area contributed by atoms with E-state index in [0.717, 1.165) is 11.1 Å². The molecule has 0 saturated carbocycles. The SMILES string of the molecule is ClCCC#Cc1ccc(Cl)c(CCl)c1. The highest BCUT2D eigenvalue weighted by atomic mass is 35.5. The van der Waals surface area contributed by atoms with Crippen molar-refractivity contribution in [1.82, 2.24) is 0 Å². The first kappa shape index (κ1) is 11.7. The van der Waals surface area contributed by atoms with Gasteiger partial charge in [-0.25, -0.2) is 0 Å². The zero-order valence-corrected chi connectivity index (χ0v) is 9.76. The van der Waals surface area contributed by atoms with E-state index in [1.165, 1.54) is 0 Å². The van der Waals surface area contributed by atoms with Crippen molar-refractivity contribution in [2.24, 2.45) is 0 Å². The van der Waals surface area contributed by atoms with Crippen molar-refractivity contribution < 1.29 is 0 Å². The van der Waals surface area contributed by atoms with Gasteiger partial charge in [-0.1, -0.05) is 23.4 Å². The third-order valence-corrected chi connectivity index (χ3v) is 2.49. The van der Waals surface area contributed by atoms with Gasteiger partial charge in [0.25, 0.3) is 0 Å². The summed E-state index contributed by atoms with van der Waals surface area (Å²) in [7, 11) is 0. The smallest absolute Gasteiger partial charge is 0.0489 e. The van der Waals surface area contributed by atoms with Gasteiger partial charge in [0.15, 0.2) is 0 Å². The van der Waals surface area contributed by atoms with E-state index in [1.807, 2.05) is 18.2 Å². The highest BCUT2D eigenvalue weighted by Gasteiger charge is 1.98. The van der Waals surface area contributed by atoms with Gasteiger partial charge in [0.1, 0.15) is 0 Å². The molecule has 0 aliphatic rings. The van der Waals surface area contributed by atoms with Gasteiger partial charge >= 0.3 is 0 Å². The second-order valence-electron chi connectivity index (χ2n) is 2.68. The van der Waals surface area contributed by atoms with Crippen LogP contribution in [0.5, 0.6) is 0 Å². The molecular weight excluding hydrogens is 238 g/mol. The van der Waals surface area contributed by atoms with Crippen LogP contribution in [0.1, 0.15) is 17.5 Å². The van der Waals surface area contributed by atoms with Crippen LogP contribution < -0.4 is 0 Å². The molecule has 0 aromatic heterocycles. The van der Waals surface area contributed by atoms with E-state index in [4.69, 9.17) is 34.8 Å². The Hall–Kier alpha value is -0.350. The monoisotopic (exact) mass is 246 g/mol. The van der Waals surface area contributed by atoms with Crippen LogP contribution in [0.2, 0.25) is 5.02 Å². The third kappa shape index (κ3) is 3.42. The second kappa shape index (κ2) is 6.19. The van der Waals surface area contributed by atoms with E-state index in [9.17, 15) is 0 Å². The lowest BCUT2D eigenvalue weighted by atomic mass is 10.1. The van der Waals surface area contributed by atoms with E-state index < -0.39 is 0 Å². The largest absolute Gasteiger partial charge is 0.126 e. The number of halogens is 3. The quantitative estimate of drug-likeness (QED) is 0.546. The molecule has 0 heterocycles. The molecule has 0 amide bonds. The van der Waals surface area contributed by atoms with Crippen LogP contribution in [0.25, 0.3) is 0 Å². The van der Waals surface area contributed by atoms with Crippen molar-refractivity contribution in [3.05, 3.63) is 34.3 Å². The Morgan fingerprint density at radius 2 is 2.00 bits per heavy atom. The molecule has 14 heavy (non-hydrogen) atoms. The summed E-state index contributed by atoms with van der Waals surface area (Å²) in [4.78, 5) is 0. The summed E-state index contributed by atoms with van der Waals surface area (Å²) < 4.78 is 0. The number of hydrogen-bond donors (Lipinski definition) is 0. The van der Waals surface area contributed by atoms with Gasteiger partial charge < -0.3 is 0 Å². The van der Waals surface area contributed by atoms with Gasteiger partial charge in [-0.05, 0) is 23.8 Å². The minimum Gasteiger partial charge on any atom is -0.126 e. The van der Waals surface area contributed by atoms with Crippen molar-refractivity contribution in [3.63, 3.8) is 0 Å². The minimum atomic E-state index is 0.407. The van der Waals surface area contributed by atoms with Crippen LogP contribution in [0.4, 0.5) is 0 Å². The lowest BCUT2D eigenvalue weighted by Gasteiger charge is -1.99. The average molecular weight is 248 g/mol. The zero-order valence-electron chi connectivity index (χ0n) is 7.49. The van der Waals surface area contributed by atoms with Crippen molar-refractivity contribution in [1.29, 1.82) is 0 Å². The maximum Gasteiger partial charge on any atom is 0.0489 e. The van der Waals surface area contributed by atoms with Crippen molar-refractivity contribution in [3.8, 4) is 11.8 Å². The van der Waals surface area contributed by atoms with Gasteiger partial charge in [-0.3, -0.25) is 0 Å². The van der Waals surface area contributed by atoms with Crippen LogP contribution >= 0.6 is 34.8 Å². The topological polar surface area (TPSA) is 0 Å². The van der Waals surface area contributed by atoms with Crippen LogP contribution in [0.3, 0.4) is 0 Å². The van der Waals surface area contributed by atoms with Gasteiger partial charge in [0.05, 0.1) is 0 Å². The molecule has 0 nitrogen and oxygen atoms in total. The highest BCUT2D eigenvalue weighted by Crippen LogP contribution is 2.18. The highest BCUT2D eigenvalue weighted by molar-refractivity contribution is 6.32. The summed E-state index contributed by atoms with van der Waals surface area (Å²) in [5.74, 6) is 6.91. The third-order valence-electron chi connectivity index (χ3n) is 1.64.